The number of piperazine rings is 1. The van der Waals surface area contributed by atoms with E-state index in [1.807, 2.05) is 4.90 Å². The maximum atomic E-state index is 12.8. The van der Waals surface area contributed by atoms with Crippen molar-refractivity contribution in [2.45, 2.75) is 6.42 Å². The van der Waals surface area contributed by atoms with Crippen molar-refractivity contribution in [1.82, 2.24) is 14.7 Å². The van der Waals surface area contributed by atoms with E-state index in [2.05, 4.69) is 4.90 Å². The van der Waals surface area contributed by atoms with Gasteiger partial charge in [0.2, 0.25) is 0 Å². The molecule has 1 aromatic rings. The Morgan fingerprint density at radius 3 is 2.41 bits per heavy atom. The topological polar surface area (TPSA) is 36.0 Å². The first kappa shape index (κ1) is 16.5. The molecule has 0 N–H and O–H groups in total. The van der Waals surface area contributed by atoms with Gasteiger partial charge in [-0.2, -0.15) is 0 Å². The van der Waals surface area contributed by atoms with Crippen molar-refractivity contribution in [3.8, 4) is 5.75 Å². The van der Waals surface area contributed by atoms with E-state index in [1.165, 1.54) is 12.1 Å². The molecule has 0 bridgehead atoms. The molecule has 0 spiro atoms. The molecule has 5 nitrogen and oxygen atoms in total. The Hall–Kier alpha value is -1.82. The Balaban J connectivity index is 1.61. The van der Waals surface area contributed by atoms with Crippen molar-refractivity contribution >= 4 is 6.03 Å². The lowest BCUT2D eigenvalue weighted by Gasteiger charge is -2.35. The predicted molar refractivity (Wildman–Crippen MR) is 83.6 cm³/mol. The number of carbonyl (C=O) groups is 1. The van der Waals surface area contributed by atoms with Gasteiger partial charge in [0.1, 0.15) is 11.6 Å². The van der Waals surface area contributed by atoms with Crippen LogP contribution in [-0.2, 0) is 0 Å². The van der Waals surface area contributed by atoms with Crippen LogP contribution in [0.25, 0.3) is 0 Å². The number of hydrogen-bond acceptors (Lipinski definition) is 3. The second kappa shape index (κ2) is 7.98. The number of ether oxygens (including phenoxy) is 1. The lowest BCUT2D eigenvalue weighted by molar-refractivity contribution is 0.119. The molecular formula is C16H24FN3O2. The van der Waals surface area contributed by atoms with Crippen LogP contribution in [0.4, 0.5) is 9.18 Å². The first-order chi connectivity index (χ1) is 10.6. The fraction of sp³-hybridized carbons (Fsp3) is 0.562. The summed E-state index contributed by atoms with van der Waals surface area (Å²) in [5.74, 6) is 0.445. The number of hydrogen-bond donors (Lipinski definition) is 0. The second-order valence-electron chi connectivity index (χ2n) is 5.66. The van der Waals surface area contributed by atoms with E-state index < -0.39 is 0 Å². The fourth-order valence-corrected chi connectivity index (χ4v) is 2.45. The van der Waals surface area contributed by atoms with Crippen LogP contribution in [0.2, 0.25) is 0 Å². The summed E-state index contributed by atoms with van der Waals surface area (Å²) in [6.07, 6.45) is 0.916. The lowest BCUT2D eigenvalue weighted by Crippen LogP contribution is -2.51. The van der Waals surface area contributed by atoms with Crippen LogP contribution in [0, 0.1) is 5.82 Å². The number of nitrogens with zero attached hydrogens (tertiary/aromatic N) is 3. The Morgan fingerprint density at radius 2 is 1.82 bits per heavy atom. The molecule has 1 aliphatic rings. The number of amides is 2. The molecule has 0 radical (unpaired) electrons. The minimum atomic E-state index is -0.252. The first-order valence-corrected chi connectivity index (χ1v) is 7.63. The highest BCUT2D eigenvalue weighted by molar-refractivity contribution is 5.73. The van der Waals surface area contributed by atoms with Crippen LogP contribution in [0.15, 0.2) is 24.3 Å². The minimum Gasteiger partial charge on any atom is -0.494 e. The minimum absolute atomic E-state index is 0.0827. The predicted octanol–water partition coefficient (Wildman–Crippen LogP) is 1.89. The third-order valence-corrected chi connectivity index (χ3v) is 3.73. The second-order valence-corrected chi connectivity index (χ2v) is 5.66. The fourth-order valence-electron chi connectivity index (χ4n) is 2.45. The Kier molecular flexibility index (Phi) is 6.00. The Morgan fingerprint density at radius 1 is 1.18 bits per heavy atom. The van der Waals surface area contributed by atoms with Gasteiger partial charge in [-0.1, -0.05) is 0 Å². The Bertz CT molecular complexity index is 471. The quantitative estimate of drug-likeness (QED) is 0.779. The molecule has 22 heavy (non-hydrogen) atoms. The summed E-state index contributed by atoms with van der Waals surface area (Å²) in [5.41, 5.74) is 0. The number of rotatable bonds is 5. The molecule has 0 aromatic heterocycles. The standard InChI is InChI=1S/C16H24FN3O2/c1-18(2)16(21)20-11-9-19(10-12-20)8-3-13-22-15-6-4-14(17)5-7-15/h4-7H,3,8-13H2,1-2H3. The Labute approximate surface area is 131 Å². The number of carbonyl (C=O) groups excluding carboxylic acids is 1. The number of urea groups is 1. The van der Waals surface area contributed by atoms with Gasteiger partial charge in [-0.05, 0) is 30.7 Å². The van der Waals surface area contributed by atoms with E-state index in [-0.39, 0.29) is 11.8 Å². The van der Waals surface area contributed by atoms with Gasteiger partial charge >= 0.3 is 6.03 Å². The van der Waals surface area contributed by atoms with Gasteiger partial charge in [-0.3, -0.25) is 4.90 Å². The van der Waals surface area contributed by atoms with Crippen LogP contribution < -0.4 is 4.74 Å². The van der Waals surface area contributed by atoms with Crippen LogP contribution in [0.3, 0.4) is 0 Å². The van der Waals surface area contributed by atoms with Crippen molar-refractivity contribution in [3.63, 3.8) is 0 Å². The smallest absolute Gasteiger partial charge is 0.319 e. The average molecular weight is 309 g/mol. The largest absolute Gasteiger partial charge is 0.494 e. The van der Waals surface area contributed by atoms with Gasteiger partial charge in [0.05, 0.1) is 6.61 Å². The molecule has 2 amide bonds. The highest BCUT2D eigenvalue weighted by Gasteiger charge is 2.21. The summed E-state index contributed by atoms with van der Waals surface area (Å²) in [4.78, 5) is 17.7. The normalized spacial score (nSPS) is 15.7. The molecule has 1 aromatic carbocycles. The van der Waals surface area contributed by atoms with Crippen molar-refractivity contribution in [2.75, 3.05) is 53.4 Å². The van der Waals surface area contributed by atoms with Gasteiger partial charge in [-0.15, -0.1) is 0 Å². The summed E-state index contributed by atoms with van der Waals surface area (Å²) < 4.78 is 18.3. The molecule has 1 saturated heterocycles. The first-order valence-electron chi connectivity index (χ1n) is 7.63. The molecular weight excluding hydrogens is 285 g/mol. The third-order valence-electron chi connectivity index (χ3n) is 3.73. The lowest BCUT2D eigenvalue weighted by atomic mass is 10.3. The van der Waals surface area contributed by atoms with Gasteiger partial charge in [0.15, 0.2) is 0 Å². The number of halogens is 1. The highest BCUT2D eigenvalue weighted by atomic mass is 19.1. The summed E-state index contributed by atoms with van der Waals surface area (Å²) in [5, 5.41) is 0. The van der Waals surface area contributed by atoms with E-state index in [9.17, 15) is 9.18 Å². The van der Waals surface area contributed by atoms with E-state index in [0.717, 1.165) is 39.1 Å². The van der Waals surface area contributed by atoms with Crippen LogP contribution >= 0.6 is 0 Å². The van der Waals surface area contributed by atoms with E-state index in [4.69, 9.17) is 4.74 Å². The molecule has 0 saturated carbocycles. The number of benzene rings is 1. The summed E-state index contributed by atoms with van der Waals surface area (Å²) >= 11 is 0. The summed E-state index contributed by atoms with van der Waals surface area (Å²) in [6.45, 7) is 4.91. The molecule has 0 unspecified atom stereocenters. The van der Waals surface area contributed by atoms with Crippen molar-refractivity contribution in [2.24, 2.45) is 0 Å². The SMILES string of the molecule is CN(C)C(=O)N1CCN(CCCOc2ccc(F)cc2)CC1. The van der Waals surface area contributed by atoms with Gasteiger partial charge in [0, 0.05) is 46.8 Å². The van der Waals surface area contributed by atoms with E-state index in [0.29, 0.717) is 12.4 Å². The summed E-state index contributed by atoms with van der Waals surface area (Å²) in [7, 11) is 3.56. The molecule has 6 heteroatoms. The van der Waals surface area contributed by atoms with Crippen LogP contribution in [0.5, 0.6) is 5.75 Å². The zero-order valence-electron chi connectivity index (χ0n) is 13.3. The molecule has 1 aliphatic heterocycles. The van der Waals surface area contributed by atoms with Crippen LogP contribution in [-0.4, -0.2) is 74.2 Å². The van der Waals surface area contributed by atoms with Crippen molar-refractivity contribution in [1.29, 1.82) is 0 Å². The molecule has 2 rings (SSSR count). The van der Waals surface area contributed by atoms with Crippen molar-refractivity contribution in [3.05, 3.63) is 30.1 Å². The highest BCUT2D eigenvalue weighted by Crippen LogP contribution is 2.11. The molecule has 1 heterocycles. The monoisotopic (exact) mass is 309 g/mol. The summed E-state index contributed by atoms with van der Waals surface area (Å²) in [6, 6.07) is 6.16. The van der Waals surface area contributed by atoms with Crippen LogP contribution in [0.1, 0.15) is 6.42 Å². The van der Waals surface area contributed by atoms with E-state index >= 15 is 0 Å². The van der Waals surface area contributed by atoms with Crippen molar-refractivity contribution < 1.29 is 13.9 Å². The zero-order chi connectivity index (χ0) is 15.9. The van der Waals surface area contributed by atoms with Gasteiger partial charge in [0.25, 0.3) is 0 Å². The average Bonchev–Trinajstić information content (AvgIpc) is 2.53. The van der Waals surface area contributed by atoms with Gasteiger partial charge in [-0.25, -0.2) is 9.18 Å². The maximum Gasteiger partial charge on any atom is 0.319 e. The zero-order valence-corrected chi connectivity index (χ0v) is 13.3. The molecule has 122 valence electrons. The third kappa shape index (κ3) is 4.87. The molecule has 0 atom stereocenters. The molecule has 0 aliphatic carbocycles. The molecule has 1 fully saturated rings. The van der Waals surface area contributed by atoms with Gasteiger partial charge < -0.3 is 14.5 Å². The maximum absolute atomic E-state index is 12.8. The van der Waals surface area contributed by atoms with E-state index in [1.54, 1.807) is 31.1 Å².